The molecule has 0 radical (unpaired) electrons. The van der Waals surface area contributed by atoms with Gasteiger partial charge in [0.2, 0.25) is 0 Å². The van der Waals surface area contributed by atoms with E-state index in [-0.39, 0.29) is 11.4 Å². The molecule has 1 N–H and O–H groups in total. The summed E-state index contributed by atoms with van der Waals surface area (Å²) in [6.45, 7) is 6.20. The fraction of sp³-hybridized carbons (Fsp3) is 0.667. The molecule has 3 aliphatic rings. The highest BCUT2D eigenvalue weighted by atomic mass is 35.5. The summed E-state index contributed by atoms with van der Waals surface area (Å²) in [7, 11) is 0. The third kappa shape index (κ3) is 4.17. The van der Waals surface area contributed by atoms with E-state index in [1.807, 2.05) is 17.0 Å². The number of benzene rings is 1. The number of hydrogen-bond acceptors (Lipinski definition) is 2. The van der Waals surface area contributed by atoms with Crippen LogP contribution >= 0.6 is 11.6 Å². The molecular formula is C21H30ClN3O. The van der Waals surface area contributed by atoms with Crippen molar-refractivity contribution in [1.29, 1.82) is 0 Å². The van der Waals surface area contributed by atoms with Crippen LogP contribution in [0.4, 0.5) is 4.79 Å². The summed E-state index contributed by atoms with van der Waals surface area (Å²) in [5.74, 6) is 0.638. The monoisotopic (exact) mass is 375 g/mol. The largest absolute Gasteiger partial charge is 0.337 e. The first-order chi connectivity index (χ1) is 12.6. The molecule has 26 heavy (non-hydrogen) atoms. The Morgan fingerprint density at radius 1 is 1.12 bits per heavy atom. The maximum Gasteiger partial charge on any atom is 0.317 e. The molecule has 1 aromatic carbocycles. The molecule has 1 atom stereocenters. The lowest BCUT2D eigenvalue weighted by atomic mass is 9.96. The minimum absolute atomic E-state index is 0.122. The predicted octanol–water partition coefficient (Wildman–Crippen LogP) is 3.89. The van der Waals surface area contributed by atoms with Crippen molar-refractivity contribution in [2.75, 3.05) is 39.3 Å². The zero-order chi connectivity index (χ0) is 18.0. The Morgan fingerprint density at radius 2 is 1.85 bits per heavy atom. The number of halogens is 1. The van der Waals surface area contributed by atoms with Crippen LogP contribution in [0.2, 0.25) is 5.02 Å². The Kier molecular flexibility index (Phi) is 5.42. The van der Waals surface area contributed by atoms with Gasteiger partial charge in [-0.3, -0.25) is 0 Å². The van der Waals surface area contributed by atoms with Crippen LogP contribution in [0.1, 0.15) is 44.1 Å². The molecule has 0 unspecified atom stereocenters. The molecule has 0 aromatic heterocycles. The third-order valence-electron chi connectivity index (χ3n) is 6.41. The number of rotatable bonds is 5. The molecule has 142 valence electrons. The van der Waals surface area contributed by atoms with E-state index in [2.05, 4.69) is 22.3 Å². The van der Waals surface area contributed by atoms with E-state index in [1.165, 1.54) is 44.5 Å². The Labute approximate surface area is 161 Å². The molecule has 1 aromatic rings. The highest BCUT2D eigenvalue weighted by molar-refractivity contribution is 6.30. The summed E-state index contributed by atoms with van der Waals surface area (Å²) in [4.78, 5) is 17.3. The van der Waals surface area contributed by atoms with E-state index in [0.29, 0.717) is 5.92 Å². The van der Waals surface area contributed by atoms with Crippen LogP contribution in [0.25, 0.3) is 0 Å². The van der Waals surface area contributed by atoms with E-state index >= 15 is 0 Å². The molecular weight excluding hydrogens is 346 g/mol. The highest BCUT2D eigenvalue weighted by Crippen LogP contribution is 2.47. The second-order valence-corrected chi connectivity index (χ2v) is 8.84. The lowest BCUT2D eigenvalue weighted by Crippen LogP contribution is -2.48. The first-order valence-electron chi connectivity index (χ1n) is 10.2. The molecule has 1 saturated carbocycles. The summed E-state index contributed by atoms with van der Waals surface area (Å²) in [6, 6.07) is 8.23. The Hall–Kier alpha value is -1.26. The van der Waals surface area contributed by atoms with Gasteiger partial charge in [-0.15, -0.1) is 0 Å². The number of carbonyl (C=O) groups is 1. The number of piperidine rings is 1. The van der Waals surface area contributed by atoms with Gasteiger partial charge in [0.15, 0.2) is 0 Å². The summed E-state index contributed by atoms with van der Waals surface area (Å²) in [6.07, 6.45) is 7.36. The summed E-state index contributed by atoms with van der Waals surface area (Å²) < 4.78 is 0. The fourth-order valence-electron chi connectivity index (χ4n) is 4.61. The molecule has 2 heterocycles. The number of nitrogens with one attached hydrogen (secondary N) is 1. The highest BCUT2D eigenvalue weighted by Gasteiger charge is 2.44. The van der Waals surface area contributed by atoms with E-state index in [9.17, 15) is 4.79 Å². The molecule has 4 rings (SSSR count). The lowest BCUT2D eigenvalue weighted by Gasteiger charge is -2.35. The zero-order valence-corrected chi connectivity index (χ0v) is 16.3. The molecule has 1 aliphatic carbocycles. The van der Waals surface area contributed by atoms with Gasteiger partial charge in [0.05, 0.1) is 0 Å². The van der Waals surface area contributed by atoms with Gasteiger partial charge in [-0.25, -0.2) is 4.79 Å². The first-order valence-corrected chi connectivity index (χ1v) is 10.5. The number of carbonyl (C=O) groups excluding carboxylic acids is 1. The topological polar surface area (TPSA) is 35.6 Å². The molecule has 3 fully saturated rings. The Balaban J connectivity index is 1.28. The maximum atomic E-state index is 12.7. The number of nitrogens with zero attached hydrogens (tertiary/aromatic N) is 2. The van der Waals surface area contributed by atoms with Gasteiger partial charge < -0.3 is 15.1 Å². The molecule has 2 amide bonds. The van der Waals surface area contributed by atoms with Crippen molar-refractivity contribution in [3.8, 4) is 0 Å². The van der Waals surface area contributed by atoms with Crippen molar-refractivity contribution < 1.29 is 4.79 Å². The first kappa shape index (κ1) is 18.1. The van der Waals surface area contributed by atoms with Crippen molar-refractivity contribution in [2.24, 2.45) is 5.92 Å². The molecule has 5 heteroatoms. The third-order valence-corrected chi connectivity index (χ3v) is 6.66. The Morgan fingerprint density at radius 3 is 2.54 bits per heavy atom. The number of hydrogen-bond donors (Lipinski definition) is 1. The minimum Gasteiger partial charge on any atom is -0.337 e. The molecule has 4 nitrogen and oxygen atoms in total. The van der Waals surface area contributed by atoms with Gasteiger partial charge in [-0.1, -0.05) is 23.7 Å². The van der Waals surface area contributed by atoms with Crippen LogP contribution in [0.3, 0.4) is 0 Å². The van der Waals surface area contributed by atoms with Crippen LogP contribution in [0.15, 0.2) is 24.3 Å². The predicted molar refractivity (Wildman–Crippen MR) is 106 cm³/mol. The maximum absolute atomic E-state index is 12.7. The van der Waals surface area contributed by atoms with E-state index in [1.54, 1.807) is 0 Å². The van der Waals surface area contributed by atoms with Crippen LogP contribution in [0.5, 0.6) is 0 Å². The van der Waals surface area contributed by atoms with Gasteiger partial charge in [0.25, 0.3) is 0 Å². The van der Waals surface area contributed by atoms with E-state index in [0.717, 1.165) is 43.9 Å². The summed E-state index contributed by atoms with van der Waals surface area (Å²) in [5, 5.41) is 3.99. The smallest absolute Gasteiger partial charge is 0.317 e. The van der Waals surface area contributed by atoms with Crippen LogP contribution in [-0.2, 0) is 5.41 Å². The van der Waals surface area contributed by atoms with Crippen LogP contribution in [-0.4, -0.2) is 55.1 Å². The van der Waals surface area contributed by atoms with Crippen LogP contribution < -0.4 is 5.32 Å². The summed E-state index contributed by atoms with van der Waals surface area (Å²) in [5.41, 5.74) is 1.43. The molecule has 2 saturated heterocycles. The lowest BCUT2D eigenvalue weighted by molar-refractivity contribution is 0.146. The van der Waals surface area contributed by atoms with Gasteiger partial charge in [-0.05, 0) is 75.2 Å². The number of amides is 2. The molecule has 0 bridgehead atoms. The van der Waals surface area contributed by atoms with Crippen molar-refractivity contribution in [3.63, 3.8) is 0 Å². The normalized spacial score (nSPS) is 25.3. The molecule has 0 spiro atoms. The molecule has 2 aliphatic heterocycles. The van der Waals surface area contributed by atoms with Crippen molar-refractivity contribution in [1.82, 2.24) is 15.1 Å². The number of likely N-dealkylation sites (tertiary alicyclic amines) is 2. The minimum atomic E-state index is 0.122. The van der Waals surface area contributed by atoms with Crippen molar-refractivity contribution in [3.05, 3.63) is 34.9 Å². The van der Waals surface area contributed by atoms with Gasteiger partial charge in [0, 0.05) is 36.6 Å². The van der Waals surface area contributed by atoms with Crippen molar-refractivity contribution >= 4 is 17.6 Å². The van der Waals surface area contributed by atoms with Crippen molar-refractivity contribution in [2.45, 2.75) is 43.9 Å². The standard InChI is InChI=1S/C21H30ClN3O/c22-19-7-5-18(6-8-19)21(9-10-21)16-23-20(26)25-13-3-4-17(15-25)14-24-11-1-2-12-24/h5-8,17H,1-4,9-16H2,(H,23,26)/t17-/m1/s1. The summed E-state index contributed by atoms with van der Waals surface area (Å²) >= 11 is 6.01. The second-order valence-electron chi connectivity index (χ2n) is 8.41. The van der Waals surface area contributed by atoms with Gasteiger partial charge in [-0.2, -0.15) is 0 Å². The Bertz CT molecular complexity index is 623. The van der Waals surface area contributed by atoms with Gasteiger partial charge in [0.1, 0.15) is 0 Å². The zero-order valence-electron chi connectivity index (χ0n) is 15.6. The second kappa shape index (κ2) is 7.77. The van der Waals surface area contributed by atoms with Crippen LogP contribution in [0, 0.1) is 5.92 Å². The fourth-order valence-corrected chi connectivity index (χ4v) is 4.73. The average molecular weight is 376 g/mol. The van der Waals surface area contributed by atoms with E-state index in [4.69, 9.17) is 11.6 Å². The van der Waals surface area contributed by atoms with Gasteiger partial charge >= 0.3 is 6.03 Å². The SMILES string of the molecule is O=C(NCC1(c2ccc(Cl)cc2)CC1)N1CCC[C@H](CN2CCCC2)C1. The number of urea groups is 1. The average Bonchev–Trinajstić information content (AvgIpc) is 3.28. The quantitative estimate of drug-likeness (QED) is 0.847. The van der Waals surface area contributed by atoms with E-state index < -0.39 is 0 Å².